The molecule has 0 aromatic carbocycles. The van der Waals surface area contributed by atoms with E-state index in [0.717, 1.165) is 5.69 Å². The maximum atomic E-state index is 5.66. The number of nitrogens with two attached hydrogens (primary N) is 2. The molecule has 4 N–H and O–H groups in total. The molecule has 66 valence electrons. The molecule has 5 heteroatoms. The smallest absolute Gasteiger partial charge is 0.222 e. The zero-order valence-corrected chi connectivity index (χ0v) is 6.88. The van der Waals surface area contributed by atoms with E-state index >= 15 is 0 Å². The standard InChI is InChI=1S/C8H9N5/c9-7-6(5-11-8(10)12-7)13-3-1-2-4-13/h1-5H,(H4,9,10,11,12). The van der Waals surface area contributed by atoms with Crippen LogP contribution < -0.4 is 11.5 Å². The number of anilines is 2. The van der Waals surface area contributed by atoms with E-state index in [0.29, 0.717) is 5.82 Å². The Bertz CT molecular complexity index is 406. The van der Waals surface area contributed by atoms with E-state index in [9.17, 15) is 0 Å². The molecule has 0 aliphatic rings. The molecule has 0 fully saturated rings. The first-order valence-electron chi connectivity index (χ1n) is 3.79. The molecular weight excluding hydrogens is 166 g/mol. The zero-order chi connectivity index (χ0) is 9.26. The SMILES string of the molecule is Nc1ncc(-n2cccc2)c(N)n1. The van der Waals surface area contributed by atoms with Crippen molar-refractivity contribution in [3.8, 4) is 5.69 Å². The molecule has 5 nitrogen and oxygen atoms in total. The summed E-state index contributed by atoms with van der Waals surface area (Å²) in [6.45, 7) is 0. The van der Waals surface area contributed by atoms with Crippen LogP contribution in [0.1, 0.15) is 0 Å². The lowest BCUT2D eigenvalue weighted by molar-refractivity contribution is 1.03. The van der Waals surface area contributed by atoms with Crippen molar-refractivity contribution in [2.75, 3.05) is 11.5 Å². The van der Waals surface area contributed by atoms with Gasteiger partial charge in [-0.3, -0.25) is 0 Å². The zero-order valence-electron chi connectivity index (χ0n) is 6.88. The van der Waals surface area contributed by atoms with Gasteiger partial charge >= 0.3 is 0 Å². The molecule has 0 saturated heterocycles. The third-order valence-electron chi connectivity index (χ3n) is 1.70. The molecule has 2 heterocycles. The van der Waals surface area contributed by atoms with E-state index in [1.165, 1.54) is 0 Å². The molecule has 2 aromatic heterocycles. The van der Waals surface area contributed by atoms with Crippen LogP contribution in [0.15, 0.2) is 30.7 Å². The summed E-state index contributed by atoms with van der Waals surface area (Å²) in [5, 5.41) is 0. The van der Waals surface area contributed by atoms with Crippen molar-refractivity contribution in [2.45, 2.75) is 0 Å². The molecule has 0 aliphatic heterocycles. The summed E-state index contributed by atoms with van der Waals surface area (Å²) in [4.78, 5) is 7.71. The van der Waals surface area contributed by atoms with E-state index in [2.05, 4.69) is 9.97 Å². The average Bonchev–Trinajstić information content (AvgIpc) is 2.56. The highest BCUT2D eigenvalue weighted by molar-refractivity contribution is 5.52. The van der Waals surface area contributed by atoms with Gasteiger partial charge in [-0.1, -0.05) is 0 Å². The third-order valence-corrected chi connectivity index (χ3v) is 1.70. The number of nitrogen functional groups attached to an aromatic ring is 2. The monoisotopic (exact) mass is 175 g/mol. The summed E-state index contributed by atoms with van der Waals surface area (Å²) in [7, 11) is 0. The van der Waals surface area contributed by atoms with E-state index < -0.39 is 0 Å². The van der Waals surface area contributed by atoms with Crippen LogP contribution in [0, 0.1) is 0 Å². The highest BCUT2D eigenvalue weighted by Gasteiger charge is 2.02. The van der Waals surface area contributed by atoms with Crippen LogP contribution in [-0.2, 0) is 0 Å². The highest BCUT2D eigenvalue weighted by Crippen LogP contribution is 2.13. The molecule has 2 rings (SSSR count). The summed E-state index contributed by atoms with van der Waals surface area (Å²) in [5.74, 6) is 0.567. The Morgan fingerprint density at radius 1 is 1.15 bits per heavy atom. The number of hydrogen-bond acceptors (Lipinski definition) is 4. The second kappa shape index (κ2) is 2.78. The lowest BCUT2D eigenvalue weighted by atomic mass is 10.4. The molecule has 0 radical (unpaired) electrons. The Morgan fingerprint density at radius 3 is 2.46 bits per heavy atom. The fraction of sp³-hybridized carbons (Fsp3) is 0. The Hall–Kier alpha value is -2.04. The van der Waals surface area contributed by atoms with Gasteiger partial charge in [0, 0.05) is 12.4 Å². The summed E-state index contributed by atoms with van der Waals surface area (Å²) in [6.07, 6.45) is 5.33. The molecule has 2 aromatic rings. The average molecular weight is 175 g/mol. The van der Waals surface area contributed by atoms with Gasteiger partial charge in [0.25, 0.3) is 0 Å². The minimum absolute atomic E-state index is 0.188. The van der Waals surface area contributed by atoms with Gasteiger partial charge in [-0.25, -0.2) is 4.98 Å². The number of hydrogen-bond donors (Lipinski definition) is 2. The molecule has 0 unspecified atom stereocenters. The Morgan fingerprint density at radius 2 is 1.85 bits per heavy atom. The molecule has 0 saturated carbocycles. The summed E-state index contributed by atoms with van der Waals surface area (Å²) >= 11 is 0. The normalized spacial score (nSPS) is 10.2. The number of rotatable bonds is 1. The van der Waals surface area contributed by atoms with Crippen molar-refractivity contribution in [3.63, 3.8) is 0 Å². The Balaban J connectivity index is 2.53. The third kappa shape index (κ3) is 1.31. The largest absolute Gasteiger partial charge is 0.382 e. The lowest BCUT2D eigenvalue weighted by Gasteiger charge is -2.04. The molecule has 0 aliphatic carbocycles. The maximum Gasteiger partial charge on any atom is 0.222 e. The molecular formula is C8H9N5. The molecule has 0 amide bonds. The van der Waals surface area contributed by atoms with Crippen LogP contribution in [-0.4, -0.2) is 14.5 Å². The predicted molar refractivity (Wildman–Crippen MR) is 50.2 cm³/mol. The minimum Gasteiger partial charge on any atom is -0.382 e. The second-order valence-electron chi connectivity index (χ2n) is 2.59. The van der Waals surface area contributed by atoms with Gasteiger partial charge < -0.3 is 16.0 Å². The van der Waals surface area contributed by atoms with Crippen molar-refractivity contribution in [2.24, 2.45) is 0 Å². The van der Waals surface area contributed by atoms with Crippen LogP contribution >= 0.6 is 0 Å². The van der Waals surface area contributed by atoms with Crippen LogP contribution in [0.4, 0.5) is 11.8 Å². The van der Waals surface area contributed by atoms with E-state index in [-0.39, 0.29) is 5.95 Å². The van der Waals surface area contributed by atoms with Crippen molar-refractivity contribution in [1.82, 2.24) is 14.5 Å². The molecule has 0 bridgehead atoms. The molecule has 13 heavy (non-hydrogen) atoms. The van der Waals surface area contributed by atoms with Crippen molar-refractivity contribution < 1.29 is 0 Å². The van der Waals surface area contributed by atoms with Crippen molar-refractivity contribution >= 4 is 11.8 Å². The van der Waals surface area contributed by atoms with Gasteiger partial charge in [-0.05, 0) is 12.1 Å². The summed E-state index contributed by atoms with van der Waals surface area (Å²) < 4.78 is 1.83. The van der Waals surface area contributed by atoms with Gasteiger partial charge in [0.2, 0.25) is 5.95 Å². The van der Waals surface area contributed by atoms with E-state index in [4.69, 9.17) is 11.5 Å². The first kappa shape index (κ1) is 7.60. The second-order valence-corrected chi connectivity index (χ2v) is 2.59. The Labute approximate surface area is 75.0 Å². The van der Waals surface area contributed by atoms with E-state index in [1.807, 2.05) is 29.1 Å². The highest BCUT2D eigenvalue weighted by atomic mass is 15.1. The van der Waals surface area contributed by atoms with Crippen LogP contribution in [0.5, 0.6) is 0 Å². The van der Waals surface area contributed by atoms with E-state index in [1.54, 1.807) is 6.20 Å². The minimum atomic E-state index is 0.188. The first-order valence-corrected chi connectivity index (χ1v) is 3.79. The van der Waals surface area contributed by atoms with Crippen LogP contribution in [0.2, 0.25) is 0 Å². The molecule has 0 atom stereocenters. The number of aromatic nitrogens is 3. The number of nitrogens with zero attached hydrogens (tertiary/aromatic N) is 3. The van der Waals surface area contributed by atoms with Crippen molar-refractivity contribution in [1.29, 1.82) is 0 Å². The summed E-state index contributed by atoms with van der Waals surface area (Å²) in [5.41, 5.74) is 11.8. The van der Waals surface area contributed by atoms with Gasteiger partial charge in [0.15, 0.2) is 5.82 Å². The quantitative estimate of drug-likeness (QED) is 0.658. The fourth-order valence-electron chi connectivity index (χ4n) is 1.10. The van der Waals surface area contributed by atoms with Gasteiger partial charge in [0.05, 0.1) is 6.20 Å². The predicted octanol–water partition coefficient (Wildman–Crippen LogP) is 0.432. The van der Waals surface area contributed by atoms with Crippen molar-refractivity contribution in [3.05, 3.63) is 30.7 Å². The van der Waals surface area contributed by atoms with Gasteiger partial charge in [-0.15, -0.1) is 0 Å². The summed E-state index contributed by atoms with van der Waals surface area (Å²) in [6, 6.07) is 3.80. The van der Waals surface area contributed by atoms with Gasteiger partial charge in [0.1, 0.15) is 5.69 Å². The van der Waals surface area contributed by atoms with Gasteiger partial charge in [-0.2, -0.15) is 4.98 Å². The van der Waals surface area contributed by atoms with Crippen LogP contribution in [0.25, 0.3) is 5.69 Å². The fourth-order valence-corrected chi connectivity index (χ4v) is 1.10. The first-order chi connectivity index (χ1) is 6.27. The molecule has 0 spiro atoms. The van der Waals surface area contributed by atoms with Crippen LogP contribution in [0.3, 0.4) is 0 Å². The topological polar surface area (TPSA) is 82.8 Å². The lowest BCUT2D eigenvalue weighted by Crippen LogP contribution is -2.04. The maximum absolute atomic E-state index is 5.66. The Kier molecular flexibility index (Phi) is 1.63.